The van der Waals surface area contributed by atoms with Crippen molar-refractivity contribution in [2.45, 2.75) is 115 Å². The number of nitrogen functional groups attached to an aromatic ring is 1. The van der Waals surface area contributed by atoms with Gasteiger partial charge in [-0.3, -0.25) is 13.9 Å². The van der Waals surface area contributed by atoms with Gasteiger partial charge in [0.05, 0.1) is 19.1 Å². The summed E-state index contributed by atoms with van der Waals surface area (Å²) in [4.78, 5) is 49.3. The SMILES string of the molecule is CCCCCCC(C)(CCCCC)NCCC(=O)OCC(=O)OCOP(=O)(O)OC[C@@H]1C[C@H](F)[C@H](n2ccc(N)nc2=O)O1. The minimum absolute atomic E-state index is 0.0338. The lowest BCUT2D eigenvalue weighted by Crippen LogP contribution is -2.43. The highest BCUT2D eigenvalue weighted by Gasteiger charge is 2.39. The van der Waals surface area contributed by atoms with E-state index >= 15 is 0 Å². The van der Waals surface area contributed by atoms with Crippen molar-refractivity contribution in [2.24, 2.45) is 0 Å². The van der Waals surface area contributed by atoms with Gasteiger partial charge in [-0.15, -0.1) is 0 Å². The van der Waals surface area contributed by atoms with E-state index < -0.39 is 64.0 Å². The number of phosphoric acid groups is 1. The molecule has 5 atom stereocenters. The van der Waals surface area contributed by atoms with Crippen molar-refractivity contribution >= 4 is 25.6 Å². The molecule has 0 radical (unpaired) electrons. The van der Waals surface area contributed by atoms with Crippen LogP contribution in [0, 0.1) is 0 Å². The Kier molecular flexibility index (Phi) is 16.5. The Bertz CT molecular complexity index is 1140. The van der Waals surface area contributed by atoms with E-state index in [1.165, 1.54) is 31.5 Å². The van der Waals surface area contributed by atoms with Gasteiger partial charge < -0.3 is 30.2 Å². The number of hydrogen-bond acceptors (Lipinski definition) is 12. The molecular weight excluding hydrogens is 602 g/mol. The summed E-state index contributed by atoms with van der Waals surface area (Å²) in [5.41, 5.74) is 4.54. The summed E-state index contributed by atoms with van der Waals surface area (Å²) < 4.78 is 51.9. The smallest absolute Gasteiger partial charge is 0.454 e. The number of nitrogens with two attached hydrogens (primary N) is 1. The number of esters is 2. The molecule has 14 nitrogen and oxygen atoms in total. The van der Waals surface area contributed by atoms with Gasteiger partial charge in [-0.2, -0.15) is 4.98 Å². The van der Waals surface area contributed by atoms with Crippen LogP contribution in [0.2, 0.25) is 0 Å². The van der Waals surface area contributed by atoms with Crippen LogP contribution in [0.1, 0.15) is 97.6 Å². The Morgan fingerprint density at radius 3 is 2.52 bits per heavy atom. The monoisotopic (exact) mass is 650 g/mol. The molecule has 0 aromatic carbocycles. The molecule has 2 rings (SSSR count). The second-order valence-corrected chi connectivity index (χ2v) is 12.6. The highest BCUT2D eigenvalue weighted by Crippen LogP contribution is 2.44. The molecule has 0 amide bonds. The second-order valence-electron chi connectivity index (χ2n) is 11.1. The summed E-state index contributed by atoms with van der Waals surface area (Å²) in [5.74, 6) is -1.61. The fraction of sp³-hybridized carbons (Fsp3) is 0.786. The number of hydrogen-bond donors (Lipinski definition) is 3. The fourth-order valence-electron chi connectivity index (χ4n) is 4.77. The molecule has 1 aliphatic rings. The third-order valence-corrected chi connectivity index (χ3v) is 8.17. The van der Waals surface area contributed by atoms with Crippen LogP contribution >= 0.6 is 7.82 Å². The third kappa shape index (κ3) is 14.1. The summed E-state index contributed by atoms with van der Waals surface area (Å²) in [7, 11) is -4.71. The second kappa shape index (κ2) is 19.2. The number of alkyl halides is 1. The van der Waals surface area contributed by atoms with Gasteiger partial charge in [-0.1, -0.05) is 58.8 Å². The van der Waals surface area contributed by atoms with E-state index in [0.29, 0.717) is 6.54 Å². The predicted octanol–water partition coefficient (Wildman–Crippen LogP) is 3.92. The van der Waals surface area contributed by atoms with E-state index in [-0.39, 0.29) is 24.2 Å². The summed E-state index contributed by atoms with van der Waals surface area (Å²) in [5, 5.41) is 3.49. The molecule has 1 aliphatic heterocycles. The number of nitrogens with zero attached hydrogens (tertiary/aromatic N) is 2. The number of halogens is 1. The van der Waals surface area contributed by atoms with Crippen molar-refractivity contribution in [2.75, 3.05) is 32.3 Å². The molecule has 0 saturated carbocycles. The number of nitrogens with one attached hydrogen (secondary N) is 1. The van der Waals surface area contributed by atoms with Gasteiger partial charge in [-0.25, -0.2) is 23.1 Å². The van der Waals surface area contributed by atoms with Crippen molar-refractivity contribution in [3.63, 3.8) is 0 Å². The molecule has 0 aliphatic carbocycles. The van der Waals surface area contributed by atoms with Crippen LogP contribution in [0.3, 0.4) is 0 Å². The van der Waals surface area contributed by atoms with Crippen LogP contribution < -0.4 is 16.7 Å². The molecule has 252 valence electrons. The van der Waals surface area contributed by atoms with Crippen LogP contribution in [-0.4, -0.2) is 70.7 Å². The zero-order chi connectivity index (χ0) is 32.6. The number of aromatic nitrogens is 2. The van der Waals surface area contributed by atoms with Gasteiger partial charge in [0.2, 0.25) is 6.79 Å². The Balaban J connectivity index is 1.65. The molecule has 1 fully saturated rings. The largest absolute Gasteiger partial charge is 0.475 e. The van der Waals surface area contributed by atoms with Gasteiger partial charge in [0.15, 0.2) is 12.8 Å². The van der Waals surface area contributed by atoms with E-state index in [1.54, 1.807) is 0 Å². The Hall–Kier alpha value is -2.42. The maximum Gasteiger partial charge on any atom is 0.475 e. The zero-order valence-corrected chi connectivity index (χ0v) is 26.8. The van der Waals surface area contributed by atoms with Crippen molar-refractivity contribution in [3.05, 3.63) is 22.7 Å². The van der Waals surface area contributed by atoms with Crippen LogP contribution in [0.25, 0.3) is 0 Å². The summed E-state index contributed by atoms with van der Waals surface area (Å²) in [6, 6.07) is 1.30. The number of carbonyl (C=O) groups is 2. The van der Waals surface area contributed by atoms with E-state index in [0.717, 1.165) is 43.1 Å². The van der Waals surface area contributed by atoms with Gasteiger partial charge >= 0.3 is 25.5 Å². The van der Waals surface area contributed by atoms with Crippen molar-refractivity contribution in [1.82, 2.24) is 14.9 Å². The predicted molar refractivity (Wildman–Crippen MR) is 159 cm³/mol. The van der Waals surface area contributed by atoms with Gasteiger partial charge in [0, 0.05) is 24.7 Å². The molecule has 16 heteroatoms. The molecular formula is C28H48FN4O10P. The Labute approximate surface area is 257 Å². The van der Waals surface area contributed by atoms with Crippen molar-refractivity contribution in [1.29, 1.82) is 0 Å². The van der Waals surface area contributed by atoms with E-state index in [9.17, 15) is 28.2 Å². The lowest BCUT2D eigenvalue weighted by molar-refractivity contribution is -0.163. The van der Waals surface area contributed by atoms with Crippen LogP contribution in [0.15, 0.2) is 17.1 Å². The standard InChI is InChI=1S/C28H48FN4O10P/c1-4-6-8-10-14-28(3,13-9-7-5-2)31-15-11-24(34)39-19-25(35)40-20-42-44(37,38)41-18-21-17-22(29)26(43-21)33-16-12-23(30)32-27(33)36/h12,16,21-22,26,31H,4-11,13-15,17-20H2,1-3H3,(H,37,38)(H2,30,32,36)/t21-,22-,26+,28?/m0/s1. The topological polar surface area (TPSA) is 191 Å². The number of phosphoric ester groups is 1. The van der Waals surface area contributed by atoms with Crippen LogP contribution in [-0.2, 0) is 37.4 Å². The summed E-state index contributed by atoms with van der Waals surface area (Å²) >= 11 is 0. The lowest BCUT2D eigenvalue weighted by Gasteiger charge is -2.31. The first-order chi connectivity index (χ1) is 20.9. The third-order valence-electron chi connectivity index (χ3n) is 7.26. The Morgan fingerprint density at radius 2 is 1.84 bits per heavy atom. The molecule has 2 unspecified atom stereocenters. The lowest BCUT2D eigenvalue weighted by atomic mass is 9.88. The molecule has 44 heavy (non-hydrogen) atoms. The van der Waals surface area contributed by atoms with Crippen LogP contribution in [0.4, 0.5) is 10.2 Å². The van der Waals surface area contributed by atoms with Crippen molar-refractivity contribution in [3.8, 4) is 0 Å². The average Bonchev–Trinajstić information content (AvgIpc) is 3.33. The first-order valence-corrected chi connectivity index (χ1v) is 16.7. The molecule has 4 N–H and O–H groups in total. The number of rotatable bonds is 22. The Morgan fingerprint density at radius 1 is 1.16 bits per heavy atom. The average molecular weight is 651 g/mol. The number of unbranched alkanes of at least 4 members (excludes halogenated alkanes) is 5. The molecule has 1 aromatic rings. The molecule has 1 saturated heterocycles. The minimum atomic E-state index is -4.71. The highest BCUT2D eigenvalue weighted by molar-refractivity contribution is 7.47. The number of ether oxygens (including phenoxy) is 3. The number of carbonyl (C=O) groups excluding carboxylic acids is 2. The first-order valence-electron chi connectivity index (χ1n) is 15.2. The van der Waals surface area contributed by atoms with Crippen LogP contribution in [0.5, 0.6) is 0 Å². The van der Waals surface area contributed by atoms with Gasteiger partial charge in [-0.05, 0) is 25.8 Å². The first kappa shape index (κ1) is 37.8. The maximum atomic E-state index is 14.4. The van der Waals surface area contributed by atoms with Crippen molar-refractivity contribution < 1.29 is 46.7 Å². The highest BCUT2D eigenvalue weighted by atomic mass is 31.2. The van der Waals surface area contributed by atoms with E-state index in [4.69, 9.17) is 19.7 Å². The number of anilines is 1. The van der Waals surface area contributed by atoms with Gasteiger partial charge in [0.25, 0.3) is 0 Å². The zero-order valence-electron chi connectivity index (χ0n) is 25.9. The van der Waals surface area contributed by atoms with Gasteiger partial charge in [0.1, 0.15) is 12.0 Å². The van der Waals surface area contributed by atoms with E-state index in [1.807, 2.05) is 0 Å². The van der Waals surface area contributed by atoms with E-state index in [2.05, 4.69) is 40.3 Å². The molecule has 2 heterocycles. The quantitative estimate of drug-likeness (QED) is 0.0709. The minimum Gasteiger partial charge on any atom is -0.454 e. The summed E-state index contributed by atoms with van der Waals surface area (Å²) in [6.45, 7) is 4.72. The fourth-order valence-corrected chi connectivity index (χ4v) is 5.39. The maximum absolute atomic E-state index is 14.4. The normalized spacial score (nSPS) is 21.0. The summed E-state index contributed by atoms with van der Waals surface area (Å²) in [6.07, 6.45) is 7.25. The molecule has 0 spiro atoms. The molecule has 1 aromatic heterocycles. The molecule has 0 bridgehead atoms.